The van der Waals surface area contributed by atoms with E-state index >= 15 is 4.39 Å². The van der Waals surface area contributed by atoms with Crippen LogP contribution in [0.25, 0.3) is 0 Å². The number of allylic oxidation sites excluding steroid dienone is 4. The predicted octanol–water partition coefficient (Wildman–Crippen LogP) is 4.60. The van der Waals surface area contributed by atoms with Gasteiger partial charge in [0.15, 0.2) is 0 Å². The first-order valence-electron chi connectivity index (χ1n) is 12.8. The highest BCUT2D eigenvalue weighted by molar-refractivity contribution is 6.31. The zero-order valence-electron chi connectivity index (χ0n) is 21.4. The highest BCUT2D eigenvalue weighted by atomic mass is 35.5. The van der Waals surface area contributed by atoms with Crippen molar-refractivity contribution in [1.29, 1.82) is 0 Å². The number of benzene rings is 1. The van der Waals surface area contributed by atoms with Crippen LogP contribution in [0.5, 0.6) is 0 Å². The Kier molecular flexibility index (Phi) is 6.54. The van der Waals surface area contributed by atoms with E-state index < -0.39 is 41.1 Å². The first kappa shape index (κ1) is 26.7. The fourth-order valence-electron chi connectivity index (χ4n) is 6.90. The van der Waals surface area contributed by atoms with Crippen molar-refractivity contribution in [3.63, 3.8) is 0 Å². The van der Waals surface area contributed by atoms with Crippen LogP contribution in [0.2, 0.25) is 5.02 Å². The zero-order chi connectivity index (χ0) is 26.9. The van der Waals surface area contributed by atoms with Gasteiger partial charge in [-0.1, -0.05) is 62.2 Å². The van der Waals surface area contributed by atoms with E-state index in [4.69, 9.17) is 23.2 Å². The molecule has 2 aliphatic heterocycles. The molecular formula is C28H34Cl2FN3O3. The van der Waals surface area contributed by atoms with Crippen molar-refractivity contribution >= 4 is 40.7 Å². The highest BCUT2D eigenvalue weighted by Crippen LogP contribution is 2.57. The normalized spacial score (nSPS) is 38.7. The number of carbonyl (C=O) groups excluding carboxylic acids is 2. The second-order valence-electron chi connectivity index (χ2n) is 12.5. The van der Waals surface area contributed by atoms with Crippen molar-refractivity contribution in [3.05, 3.63) is 52.0 Å². The summed E-state index contributed by atoms with van der Waals surface area (Å²) in [5, 5.41) is 20.2. The fraction of sp³-hybridized carbons (Fsp3) is 0.571. The minimum absolute atomic E-state index is 0.0471. The molecule has 1 saturated carbocycles. The molecule has 0 aromatic heterocycles. The van der Waals surface area contributed by atoms with Gasteiger partial charge in [0.2, 0.25) is 11.8 Å². The lowest BCUT2D eigenvalue weighted by molar-refractivity contribution is -0.129. The minimum atomic E-state index is -1.56. The lowest BCUT2D eigenvalue weighted by Crippen LogP contribution is -2.58. The topological polar surface area (TPSA) is 90.5 Å². The lowest BCUT2D eigenvalue weighted by atomic mass is 9.59. The van der Waals surface area contributed by atoms with Gasteiger partial charge in [0, 0.05) is 34.6 Å². The Hall–Kier alpha value is -1.93. The molecule has 1 aromatic carbocycles. The lowest BCUT2D eigenvalue weighted by Gasteiger charge is -2.43. The molecular weight excluding hydrogens is 516 g/mol. The third-order valence-electron chi connectivity index (χ3n) is 8.29. The molecule has 2 heterocycles. The van der Waals surface area contributed by atoms with Gasteiger partial charge in [-0.25, -0.2) is 4.39 Å². The Balaban J connectivity index is 1.64. The molecule has 1 aromatic rings. The van der Waals surface area contributed by atoms with Crippen molar-refractivity contribution in [2.45, 2.75) is 82.3 Å². The van der Waals surface area contributed by atoms with Crippen LogP contribution < -0.4 is 16.0 Å². The standard InChI is InChI=1S/C28H34Cl2FN3O3/c1-26(2,3)13-20-28(17-9-8-14(29)10-19(17)33-25(28)36)21(16-6-5-7-18(30)22(16)31)23(34-20)24(35)32-15-11-27(4,37)12-15/h5-10,15-16,20-23,34,37H,11-13H2,1-4H3,(H,32,35)(H,33,36)/t15?,16?,20-,21+,22?,23-,27?,28+/m1/s1. The van der Waals surface area contributed by atoms with E-state index in [2.05, 4.69) is 36.7 Å². The monoisotopic (exact) mass is 549 g/mol. The van der Waals surface area contributed by atoms with Crippen LogP contribution in [-0.2, 0) is 15.0 Å². The molecule has 2 fully saturated rings. The van der Waals surface area contributed by atoms with E-state index in [1.165, 1.54) is 6.08 Å². The number of alkyl halides is 1. The summed E-state index contributed by atoms with van der Waals surface area (Å²) in [7, 11) is 0. The van der Waals surface area contributed by atoms with E-state index in [9.17, 15) is 14.7 Å². The summed E-state index contributed by atoms with van der Waals surface area (Å²) in [5.41, 5.74) is -0.946. The molecule has 6 atom stereocenters. The summed E-state index contributed by atoms with van der Waals surface area (Å²) < 4.78 is 15.8. The number of halogens is 3. The maximum atomic E-state index is 15.8. The molecule has 0 radical (unpaired) electrons. The smallest absolute Gasteiger partial charge is 0.237 e. The van der Waals surface area contributed by atoms with Crippen LogP contribution in [0.1, 0.15) is 52.5 Å². The number of hydrogen-bond donors (Lipinski definition) is 4. The predicted molar refractivity (Wildman–Crippen MR) is 143 cm³/mol. The molecule has 5 rings (SSSR count). The Morgan fingerprint density at radius 1 is 1.27 bits per heavy atom. The van der Waals surface area contributed by atoms with Crippen LogP contribution in [0.15, 0.2) is 41.5 Å². The Morgan fingerprint density at radius 3 is 2.62 bits per heavy atom. The van der Waals surface area contributed by atoms with E-state index in [1.807, 2.05) is 6.07 Å². The van der Waals surface area contributed by atoms with E-state index in [0.29, 0.717) is 35.5 Å². The Morgan fingerprint density at radius 2 is 1.97 bits per heavy atom. The molecule has 6 nitrogen and oxygen atoms in total. The van der Waals surface area contributed by atoms with Crippen LogP contribution in [0.3, 0.4) is 0 Å². The molecule has 4 aliphatic rings. The summed E-state index contributed by atoms with van der Waals surface area (Å²) in [6, 6.07) is 3.76. The number of carbonyl (C=O) groups is 2. The van der Waals surface area contributed by atoms with Crippen LogP contribution in [-0.4, -0.2) is 46.8 Å². The summed E-state index contributed by atoms with van der Waals surface area (Å²) in [6.45, 7) is 7.97. The van der Waals surface area contributed by atoms with E-state index in [1.54, 1.807) is 31.2 Å². The fourth-order valence-corrected chi connectivity index (χ4v) is 7.29. The molecule has 4 N–H and O–H groups in total. The molecule has 0 bridgehead atoms. The average Bonchev–Trinajstić information content (AvgIpc) is 3.23. The summed E-state index contributed by atoms with van der Waals surface area (Å²) in [4.78, 5) is 27.9. The zero-order valence-corrected chi connectivity index (χ0v) is 23.0. The van der Waals surface area contributed by atoms with Gasteiger partial charge in [0.05, 0.1) is 22.1 Å². The number of fused-ring (bicyclic) bond motifs is 2. The van der Waals surface area contributed by atoms with Gasteiger partial charge in [0.1, 0.15) is 6.17 Å². The van der Waals surface area contributed by atoms with Crippen molar-refractivity contribution in [3.8, 4) is 0 Å². The number of amides is 2. The third kappa shape index (κ3) is 4.52. The molecule has 9 heteroatoms. The summed E-state index contributed by atoms with van der Waals surface area (Å²) >= 11 is 12.5. The van der Waals surface area contributed by atoms with Crippen LogP contribution >= 0.6 is 23.2 Å². The van der Waals surface area contributed by atoms with E-state index in [0.717, 1.165) is 0 Å². The van der Waals surface area contributed by atoms with Gasteiger partial charge in [-0.3, -0.25) is 9.59 Å². The van der Waals surface area contributed by atoms with Gasteiger partial charge < -0.3 is 21.1 Å². The largest absolute Gasteiger partial charge is 0.390 e. The highest BCUT2D eigenvalue weighted by Gasteiger charge is 2.67. The molecule has 1 saturated heterocycles. The van der Waals surface area contributed by atoms with Crippen molar-refractivity contribution in [1.82, 2.24) is 10.6 Å². The first-order valence-corrected chi connectivity index (χ1v) is 13.6. The number of rotatable bonds is 4. The van der Waals surface area contributed by atoms with Gasteiger partial charge >= 0.3 is 0 Å². The first-order chi connectivity index (χ1) is 17.2. The molecule has 2 aliphatic carbocycles. The van der Waals surface area contributed by atoms with E-state index in [-0.39, 0.29) is 28.3 Å². The van der Waals surface area contributed by atoms with Crippen molar-refractivity contribution in [2.75, 3.05) is 5.32 Å². The quantitative estimate of drug-likeness (QED) is 0.441. The number of aliphatic hydroxyl groups is 1. The maximum absolute atomic E-state index is 15.8. The van der Waals surface area contributed by atoms with Crippen LogP contribution in [0.4, 0.5) is 10.1 Å². The van der Waals surface area contributed by atoms with Gasteiger partial charge in [-0.05, 0) is 55.4 Å². The minimum Gasteiger partial charge on any atom is -0.390 e. The third-order valence-corrected chi connectivity index (χ3v) is 8.86. The summed E-state index contributed by atoms with van der Waals surface area (Å²) in [6.07, 6.45) is 4.82. The van der Waals surface area contributed by atoms with Gasteiger partial charge in [0.25, 0.3) is 0 Å². The van der Waals surface area contributed by atoms with Gasteiger partial charge in [-0.2, -0.15) is 0 Å². The number of nitrogens with one attached hydrogen (secondary N) is 3. The van der Waals surface area contributed by atoms with Crippen molar-refractivity contribution in [2.24, 2.45) is 17.3 Å². The summed E-state index contributed by atoms with van der Waals surface area (Å²) in [5.74, 6) is -2.16. The average molecular weight is 551 g/mol. The molecule has 1 spiro atoms. The Labute approximate surface area is 227 Å². The molecule has 37 heavy (non-hydrogen) atoms. The number of hydrogen-bond acceptors (Lipinski definition) is 4. The molecule has 200 valence electrons. The SMILES string of the molecule is CC(C)(C)C[C@H]1N[C@@H](C(=O)NC2CC(C)(O)C2)[C@H](C2C=CC=C(Cl)C2F)[C@@]12C(=O)Nc1cc(Cl)ccc12. The number of anilines is 1. The van der Waals surface area contributed by atoms with Crippen molar-refractivity contribution < 1.29 is 19.1 Å². The second-order valence-corrected chi connectivity index (χ2v) is 13.4. The Bertz CT molecular complexity index is 1190. The van der Waals surface area contributed by atoms with Crippen LogP contribution in [0, 0.1) is 17.3 Å². The second kappa shape index (κ2) is 9.08. The molecule has 2 unspecified atom stereocenters. The maximum Gasteiger partial charge on any atom is 0.237 e. The van der Waals surface area contributed by atoms with Gasteiger partial charge in [-0.15, -0.1) is 0 Å². The molecule has 2 amide bonds.